The summed E-state index contributed by atoms with van der Waals surface area (Å²) in [4.78, 5) is 2.01. The molecule has 0 radical (unpaired) electrons. The van der Waals surface area contributed by atoms with Crippen molar-refractivity contribution in [3.8, 4) is 0 Å². The standard InChI is InChI=1S/C18H19F3N2.ClH/c19-18(20,21)16-9-5-4-8-14(16)10-23-11-15(17(22)12-23)13-6-2-1-3-7-13;/h1-9,15,17H,10-12,22H2;1H/t15-,17+;/m0./s1. The molecule has 1 heterocycles. The minimum atomic E-state index is -4.32. The summed E-state index contributed by atoms with van der Waals surface area (Å²) in [6.45, 7) is 1.55. The van der Waals surface area contributed by atoms with E-state index in [0.29, 0.717) is 18.7 Å². The predicted molar refractivity (Wildman–Crippen MR) is 91.1 cm³/mol. The molecule has 130 valence electrons. The second kappa shape index (κ2) is 7.55. The first kappa shape index (κ1) is 18.8. The number of alkyl halides is 3. The first-order valence-electron chi connectivity index (χ1n) is 7.63. The van der Waals surface area contributed by atoms with Crippen LogP contribution in [-0.2, 0) is 12.7 Å². The molecule has 0 saturated carbocycles. The summed E-state index contributed by atoms with van der Waals surface area (Å²) in [6.07, 6.45) is -4.32. The van der Waals surface area contributed by atoms with Gasteiger partial charge in [0.2, 0.25) is 0 Å². The molecule has 6 heteroatoms. The molecular weight excluding hydrogens is 337 g/mol. The van der Waals surface area contributed by atoms with Gasteiger partial charge in [-0.1, -0.05) is 48.5 Å². The maximum atomic E-state index is 13.1. The molecule has 0 spiro atoms. The average molecular weight is 357 g/mol. The molecule has 0 unspecified atom stereocenters. The fraction of sp³-hybridized carbons (Fsp3) is 0.333. The topological polar surface area (TPSA) is 29.3 Å². The van der Waals surface area contributed by atoms with Crippen LogP contribution in [0.15, 0.2) is 54.6 Å². The van der Waals surface area contributed by atoms with E-state index >= 15 is 0 Å². The number of likely N-dealkylation sites (tertiary alicyclic amines) is 1. The Bertz CT molecular complexity index is 661. The van der Waals surface area contributed by atoms with Crippen molar-refractivity contribution >= 4 is 12.4 Å². The molecule has 0 aliphatic carbocycles. The normalized spacial score (nSPS) is 21.5. The van der Waals surface area contributed by atoms with Crippen molar-refractivity contribution in [1.29, 1.82) is 0 Å². The highest BCUT2D eigenvalue weighted by atomic mass is 35.5. The van der Waals surface area contributed by atoms with Crippen molar-refractivity contribution in [3.63, 3.8) is 0 Å². The molecule has 0 bridgehead atoms. The lowest BCUT2D eigenvalue weighted by molar-refractivity contribution is -0.138. The second-order valence-electron chi connectivity index (χ2n) is 6.03. The molecule has 2 aromatic rings. The summed E-state index contributed by atoms with van der Waals surface area (Å²) < 4.78 is 39.3. The van der Waals surface area contributed by atoms with Crippen molar-refractivity contribution in [2.24, 2.45) is 5.73 Å². The van der Waals surface area contributed by atoms with Gasteiger partial charge in [0.15, 0.2) is 0 Å². The maximum absolute atomic E-state index is 13.1. The monoisotopic (exact) mass is 356 g/mol. The lowest BCUT2D eigenvalue weighted by atomic mass is 9.95. The average Bonchev–Trinajstić information content (AvgIpc) is 2.88. The van der Waals surface area contributed by atoms with E-state index < -0.39 is 11.7 Å². The Morgan fingerprint density at radius 2 is 1.58 bits per heavy atom. The number of hydrogen-bond acceptors (Lipinski definition) is 2. The number of rotatable bonds is 3. The van der Waals surface area contributed by atoms with Crippen LogP contribution < -0.4 is 5.73 Å². The molecule has 3 rings (SSSR count). The van der Waals surface area contributed by atoms with E-state index in [4.69, 9.17) is 5.73 Å². The molecular formula is C18H20ClF3N2. The van der Waals surface area contributed by atoms with Gasteiger partial charge >= 0.3 is 6.18 Å². The van der Waals surface area contributed by atoms with Gasteiger partial charge in [0.25, 0.3) is 0 Å². The van der Waals surface area contributed by atoms with Gasteiger partial charge in [-0.25, -0.2) is 0 Å². The van der Waals surface area contributed by atoms with Gasteiger partial charge in [-0.15, -0.1) is 12.4 Å². The molecule has 1 aliphatic rings. The number of halogens is 4. The molecule has 2 N–H and O–H groups in total. The highest BCUT2D eigenvalue weighted by molar-refractivity contribution is 5.85. The van der Waals surface area contributed by atoms with Crippen LogP contribution in [0.1, 0.15) is 22.6 Å². The van der Waals surface area contributed by atoms with E-state index in [1.807, 2.05) is 35.2 Å². The summed E-state index contributed by atoms with van der Waals surface area (Å²) in [6, 6.07) is 15.6. The summed E-state index contributed by atoms with van der Waals surface area (Å²) >= 11 is 0. The Morgan fingerprint density at radius 1 is 0.958 bits per heavy atom. The van der Waals surface area contributed by atoms with Crippen LogP contribution in [-0.4, -0.2) is 24.0 Å². The zero-order valence-electron chi connectivity index (χ0n) is 13.0. The van der Waals surface area contributed by atoms with Gasteiger partial charge in [0, 0.05) is 31.6 Å². The summed E-state index contributed by atoms with van der Waals surface area (Å²) in [5, 5.41) is 0. The molecule has 1 aliphatic heterocycles. The second-order valence-corrected chi connectivity index (χ2v) is 6.03. The summed E-state index contributed by atoms with van der Waals surface area (Å²) in [7, 11) is 0. The Kier molecular flexibility index (Phi) is 5.91. The van der Waals surface area contributed by atoms with Crippen LogP contribution in [0.2, 0.25) is 0 Å². The highest BCUT2D eigenvalue weighted by Crippen LogP contribution is 2.34. The van der Waals surface area contributed by atoms with Gasteiger partial charge in [0.1, 0.15) is 0 Å². The molecule has 2 atom stereocenters. The highest BCUT2D eigenvalue weighted by Gasteiger charge is 2.35. The van der Waals surface area contributed by atoms with Crippen LogP contribution in [0.25, 0.3) is 0 Å². The zero-order chi connectivity index (χ0) is 16.4. The van der Waals surface area contributed by atoms with Gasteiger partial charge in [-0.3, -0.25) is 4.90 Å². The third-order valence-corrected chi connectivity index (χ3v) is 4.39. The maximum Gasteiger partial charge on any atom is 0.416 e. The lowest BCUT2D eigenvalue weighted by Crippen LogP contribution is -2.29. The van der Waals surface area contributed by atoms with E-state index in [1.165, 1.54) is 6.07 Å². The quantitative estimate of drug-likeness (QED) is 0.898. The Labute approximate surface area is 145 Å². The van der Waals surface area contributed by atoms with Crippen molar-refractivity contribution < 1.29 is 13.2 Å². The summed E-state index contributed by atoms with van der Waals surface area (Å²) in [5.74, 6) is 0.161. The third-order valence-electron chi connectivity index (χ3n) is 4.39. The minimum absolute atomic E-state index is 0. The Balaban J connectivity index is 0.00000208. The minimum Gasteiger partial charge on any atom is -0.326 e. The molecule has 2 aromatic carbocycles. The van der Waals surface area contributed by atoms with Crippen LogP contribution in [0, 0.1) is 0 Å². The van der Waals surface area contributed by atoms with Crippen LogP contribution in [0.4, 0.5) is 13.2 Å². The Hall–Kier alpha value is -1.56. The Morgan fingerprint density at radius 3 is 2.25 bits per heavy atom. The van der Waals surface area contributed by atoms with Crippen molar-refractivity contribution in [3.05, 3.63) is 71.3 Å². The van der Waals surface area contributed by atoms with Crippen LogP contribution in [0.3, 0.4) is 0 Å². The largest absolute Gasteiger partial charge is 0.416 e. The molecule has 2 nitrogen and oxygen atoms in total. The molecule has 0 aromatic heterocycles. The van der Waals surface area contributed by atoms with Gasteiger partial charge in [-0.2, -0.15) is 13.2 Å². The van der Waals surface area contributed by atoms with E-state index in [1.54, 1.807) is 12.1 Å². The van der Waals surface area contributed by atoms with Gasteiger partial charge in [-0.05, 0) is 17.2 Å². The first-order valence-corrected chi connectivity index (χ1v) is 7.63. The van der Waals surface area contributed by atoms with Crippen molar-refractivity contribution in [2.45, 2.75) is 24.7 Å². The number of hydrogen-bond donors (Lipinski definition) is 1. The van der Waals surface area contributed by atoms with E-state index in [0.717, 1.165) is 11.6 Å². The lowest BCUT2D eigenvalue weighted by Gasteiger charge is -2.19. The molecule has 0 amide bonds. The van der Waals surface area contributed by atoms with Crippen LogP contribution in [0.5, 0.6) is 0 Å². The SMILES string of the molecule is Cl.N[C@@H]1CN(Cc2ccccc2C(F)(F)F)C[C@H]1c1ccccc1. The number of nitrogens with two attached hydrogens (primary N) is 1. The smallest absolute Gasteiger partial charge is 0.326 e. The van der Waals surface area contributed by atoms with E-state index in [2.05, 4.69) is 0 Å². The molecule has 1 fully saturated rings. The van der Waals surface area contributed by atoms with E-state index in [9.17, 15) is 13.2 Å². The fourth-order valence-corrected chi connectivity index (χ4v) is 3.27. The third kappa shape index (κ3) is 4.09. The first-order chi connectivity index (χ1) is 10.9. The van der Waals surface area contributed by atoms with Crippen molar-refractivity contribution in [1.82, 2.24) is 4.90 Å². The summed E-state index contributed by atoms with van der Waals surface area (Å²) in [5.41, 5.74) is 7.11. The van der Waals surface area contributed by atoms with Crippen molar-refractivity contribution in [2.75, 3.05) is 13.1 Å². The fourth-order valence-electron chi connectivity index (χ4n) is 3.27. The number of benzene rings is 2. The molecule has 24 heavy (non-hydrogen) atoms. The van der Waals surface area contributed by atoms with Gasteiger partial charge < -0.3 is 5.73 Å². The van der Waals surface area contributed by atoms with Gasteiger partial charge in [0.05, 0.1) is 5.56 Å². The van der Waals surface area contributed by atoms with E-state index in [-0.39, 0.29) is 30.9 Å². The predicted octanol–water partition coefficient (Wildman–Crippen LogP) is 4.05. The van der Waals surface area contributed by atoms with Crippen LogP contribution >= 0.6 is 12.4 Å². The number of nitrogens with zero attached hydrogens (tertiary/aromatic N) is 1. The molecule has 1 saturated heterocycles. The zero-order valence-corrected chi connectivity index (χ0v) is 13.9.